The minimum absolute atomic E-state index is 0.169. The second-order valence-corrected chi connectivity index (χ2v) is 10.8. The number of thiophene rings is 1. The molecule has 1 aliphatic heterocycles. The van der Waals surface area contributed by atoms with Crippen LogP contribution in [0, 0.1) is 0 Å². The predicted molar refractivity (Wildman–Crippen MR) is 146 cm³/mol. The summed E-state index contributed by atoms with van der Waals surface area (Å²) in [6.07, 6.45) is -2.28. The highest BCUT2D eigenvalue weighted by molar-refractivity contribution is 7.15. The minimum Gasteiger partial charge on any atom is -0.508 e. The van der Waals surface area contributed by atoms with Crippen molar-refractivity contribution in [3.63, 3.8) is 0 Å². The number of carbonyl (C=O) groups is 3. The van der Waals surface area contributed by atoms with Gasteiger partial charge in [0.25, 0.3) is 0 Å². The molecule has 1 aromatic heterocycles. The molecule has 1 aliphatic rings. The smallest absolute Gasteiger partial charge is 0.303 e. The molecule has 1 saturated heterocycles. The molecule has 10 heteroatoms. The molecular formula is C29H29ClO8S. The number of esters is 3. The van der Waals surface area contributed by atoms with Crippen molar-refractivity contribution in [2.75, 3.05) is 6.61 Å². The van der Waals surface area contributed by atoms with Crippen LogP contribution in [0.1, 0.15) is 49.3 Å². The van der Waals surface area contributed by atoms with E-state index in [1.54, 1.807) is 29.5 Å². The molecule has 0 aliphatic carbocycles. The summed E-state index contributed by atoms with van der Waals surface area (Å²) in [4.78, 5) is 37.3. The molecule has 1 fully saturated rings. The normalized spacial score (nSPS) is 20.7. The van der Waals surface area contributed by atoms with Gasteiger partial charge in [0.2, 0.25) is 0 Å². The largest absolute Gasteiger partial charge is 0.508 e. The molecule has 0 radical (unpaired) electrons. The first kappa shape index (κ1) is 28.6. The second-order valence-electron chi connectivity index (χ2n) is 9.26. The van der Waals surface area contributed by atoms with Crippen molar-refractivity contribution in [3.8, 4) is 16.2 Å². The summed E-state index contributed by atoms with van der Waals surface area (Å²) in [6.45, 7) is 3.64. The van der Waals surface area contributed by atoms with E-state index in [1.807, 2.05) is 36.4 Å². The van der Waals surface area contributed by atoms with Crippen molar-refractivity contribution in [3.05, 3.63) is 75.6 Å². The van der Waals surface area contributed by atoms with Crippen LogP contribution in [0.25, 0.3) is 10.4 Å². The third-order valence-corrected chi connectivity index (χ3v) is 7.71. The lowest BCUT2D eigenvalue weighted by molar-refractivity contribution is -0.216. The summed E-state index contributed by atoms with van der Waals surface area (Å²) >= 11 is 8.20. The molecule has 2 heterocycles. The maximum Gasteiger partial charge on any atom is 0.303 e. The van der Waals surface area contributed by atoms with Gasteiger partial charge in [-0.1, -0.05) is 23.7 Å². The Morgan fingerprint density at radius 1 is 0.974 bits per heavy atom. The quantitative estimate of drug-likeness (QED) is 0.274. The van der Waals surface area contributed by atoms with Gasteiger partial charge in [-0.3, -0.25) is 14.4 Å². The van der Waals surface area contributed by atoms with Crippen LogP contribution in [0.5, 0.6) is 5.75 Å². The number of ether oxygens (including phenoxy) is 4. The summed E-state index contributed by atoms with van der Waals surface area (Å²) in [5, 5.41) is 10.2. The first-order valence-corrected chi connectivity index (χ1v) is 13.6. The summed E-state index contributed by atoms with van der Waals surface area (Å²) in [5.74, 6) is -1.39. The van der Waals surface area contributed by atoms with Gasteiger partial charge in [-0.05, 0) is 59.2 Å². The standard InChI is InChI=1S/C29H29ClO8S/c1-16(31)35-15-27-29(37-18(3)33)26(36-17(2)32)14-25(38-27)20-6-10-24(30)21(12-20)13-23-9-11-28(39-23)19-4-7-22(34)8-5-19/h4-12,25-27,29,34H,13-15H2,1-3H3/t25-,26-,27-,29+/m1/s1. The lowest BCUT2D eigenvalue weighted by Crippen LogP contribution is -2.51. The number of aromatic hydroxyl groups is 1. The van der Waals surface area contributed by atoms with E-state index in [-0.39, 0.29) is 18.8 Å². The van der Waals surface area contributed by atoms with Crippen LogP contribution in [0.2, 0.25) is 5.02 Å². The van der Waals surface area contributed by atoms with Crippen LogP contribution in [0.15, 0.2) is 54.6 Å². The zero-order chi connectivity index (χ0) is 28.1. The van der Waals surface area contributed by atoms with Crippen LogP contribution < -0.4 is 0 Å². The summed E-state index contributed by atoms with van der Waals surface area (Å²) in [7, 11) is 0. The number of carbonyl (C=O) groups excluding carboxylic acids is 3. The van der Waals surface area contributed by atoms with Crippen molar-refractivity contribution in [2.45, 2.75) is 58.0 Å². The lowest BCUT2D eigenvalue weighted by Gasteiger charge is -2.40. The van der Waals surface area contributed by atoms with Crippen LogP contribution in [0.3, 0.4) is 0 Å². The van der Waals surface area contributed by atoms with Gasteiger partial charge in [-0.2, -0.15) is 0 Å². The van der Waals surface area contributed by atoms with Gasteiger partial charge in [0.05, 0.1) is 6.10 Å². The van der Waals surface area contributed by atoms with Crippen molar-refractivity contribution in [1.29, 1.82) is 0 Å². The average molecular weight is 573 g/mol. The lowest BCUT2D eigenvalue weighted by atomic mass is 9.92. The van der Waals surface area contributed by atoms with Crippen LogP contribution in [-0.2, 0) is 39.8 Å². The molecule has 4 rings (SSSR count). The summed E-state index contributed by atoms with van der Waals surface area (Å²) in [6, 6.07) is 16.7. The first-order valence-electron chi connectivity index (χ1n) is 12.4. The highest BCUT2D eigenvalue weighted by atomic mass is 35.5. The van der Waals surface area contributed by atoms with E-state index in [2.05, 4.69) is 0 Å². The van der Waals surface area contributed by atoms with E-state index in [4.69, 9.17) is 30.5 Å². The maximum absolute atomic E-state index is 11.9. The van der Waals surface area contributed by atoms with E-state index >= 15 is 0 Å². The highest BCUT2D eigenvalue weighted by Gasteiger charge is 2.44. The third-order valence-electron chi connectivity index (χ3n) is 6.21. The van der Waals surface area contributed by atoms with Crippen molar-refractivity contribution in [2.24, 2.45) is 0 Å². The minimum atomic E-state index is -0.932. The Bertz CT molecular complexity index is 1340. The van der Waals surface area contributed by atoms with E-state index in [0.717, 1.165) is 26.4 Å². The van der Waals surface area contributed by atoms with Crippen molar-refractivity contribution >= 4 is 40.8 Å². The second kappa shape index (κ2) is 12.6. The van der Waals surface area contributed by atoms with E-state index in [1.165, 1.54) is 20.8 Å². The number of benzene rings is 2. The summed E-state index contributed by atoms with van der Waals surface area (Å²) in [5.41, 5.74) is 2.70. The average Bonchev–Trinajstić information content (AvgIpc) is 3.33. The molecule has 39 heavy (non-hydrogen) atoms. The Morgan fingerprint density at radius 2 is 1.69 bits per heavy atom. The number of phenolic OH excluding ortho intramolecular Hbond substituents is 1. The molecule has 8 nitrogen and oxygen atoms in total. The van der Waals surface area contributed by atoms with Crippen molar-refractivity contribution in [1.82, 2.24) is 0 Å². The first-order chi connectivity index (χ1) is 18.6. The highest BCUT2D eigenvalue weighted by Crippen LogP contribution is 2.37. The summed E-state index contributed by atoms with van der Waals surface area (Å²) < 4.78 is 22.4. The number of halogens is 1. The number of hydrogen-bond donors (Lipinski definition) is 1. The van der Waals surface area contributed by atoms with Gasteiger partial charge < -0.3 is 24.1 Å². The molecule has 0 amide bonds. The fraction of sp³-hybridized carbons (Fsp3) is 0.345. The molecule has 206 valence electrons. The molecule has 0 saturated carbocycles. The van der Waals surface area contributed by atoms with Gasteiger partial charge in [-0.15, -0.1) is 11.3 Å². The van der Waals surface area contributed by atoms with Crippen LogP contribution in [0.4, 0.5) is 0 Å². The van der Waals surface area contributed by atoms with Gasteiger partial charge in [0, 0.05) is 48.4 Å². The predicted octanol–water partition coefficient (Wildman–Crippen LogP) is 5.62. The topological polar surface area (TPSA) is 108 Å². The number of phenols is 1. The Kier molecular flexibility index (Phi) is 9.27. The molecule has 0 bridgehead atoms. The molecule has 3 aromatic rings. The Hall–Kier alpha value is -3.40. The van der Waals surface area contributed by atoms with Crippen LogP contribution >= 0.6 is 22.9 Å². The third kappa shape index (κ3) is 7.59. The molecule has 1 N–H and O–H groups in total. The fourth-order valence-electron chi connectivity index (χ4n) is 4.52. The molecule has 4 atom stereocenters. The Morgan fingerprint density at radius 3 is 2.36 bits per heavy atom. The van der Waals surface area contributed by atoms with Gasteiger partial charge in [-0.25, -0.2) is 0 Å². The van der Waals surface area contributed by atoms with E-state index in [0.29, 0.717) is 11.4 Å². The number of hydrogen-bond acceptors (Lipinski definition) is 9. The zero-order valence-corrected chi connectivity index (χ0v) is 23.3. The molecular weight excluding hydrogens is 544 g/mol. The molecule has 0 spiro atoms. The van der Waals surface area contributed by atoms with Gasteiger partial charge >= 0.3 is 17.9 Å². The Balaban J connectivity index is 1.58. The molecule has 2 aromatic carbocycles. The zero-order valence-electron chi connectivity index (χ0n) is 21.7. The maximum atomic E-state index is 11.9. The SMILES string of the molecule is CC(=O)OC[C@H]1O[C@@H](c2ccc(Cl)c(Cc3ccc(-c4ccc(O)cc4)s3)c2)C[C@@H](OC(C)=O)[C@@H]1OC(C)=O. The van der Waals surface area contributed by atoms with Crippen LogP contribution in [-0.4, -0.2) is 47.9 Å². The van der Waals surface area contributed by atoms with E-state index in [9.17, 15) is 19.5 Å². The molecule has 0 unspecified atom stereocenters. The van der Waals surface area contributed by atoms with E-state index < -0.39 is 42.3 Å². The number of rotatable bonds is 8. The van der Waals surface area contributed by atoms with Gasteiger partial charge in [0.15, 0.2) is 6.10 Å². The Labute approximate surface area is 235 Å². The van der Waals surface area contributed by atoms with Crippen molar-refractivity contribution < 1.29 is 38.4 Å². The fourth-order valence-corrected chi connectivity index (χ4v) is 5.74. The van der Waals surface area contributed by atoms with Gasteiger partial charge in [0.1, 0.15) is 24.6 Å². The monoisotopic (exact) mass is 572 g/mol.